The fourth-order valence-electron chi connectivity index (χ4n) is 2.42. The zero-order valence-electron chi connectivity index (χ0n) is 14.1. The van der Waals surface area contributed by atoms with E-state index in [2.05, 4.69) is 15.6 Å². The van der Waals surface area contributed by atoms with Crippen molar-refractivity contribution in [2.75, 3.05) is 44.0 Å². The molecule has 1 aliphatic heterocycles. The number of anilines is 2. The van der Waals surface area contributed by atoms with Crippen LogP contribution in [0.5, 0.6) is 11.5 Å². The number of urea groups is 1. The number of rotatable bonds is 4. The number of pyridine rings is 1. The maximum atomic E-state index is 14.1. The molecule has 2 amide bonds. The lowest BCUT2D eigenvalue weighted by Gasteiger charge is -2.26. The quantitative estimate of drug-likeness (QED) is 0.848. The average molecular weight is 381 g/mol. The predicted molar refractivity (Wildman–Crippen MR) is 96.7 cm³/mol. The highest BCUT2D eigenvalue weighted by Gasteiger charge is 2.17. The molecule has 0 radical (unpaired) electrons. The number of halogens is 2. The van der Waals surface area contributed by atoms with E-state index in [1.165, 1.54) is 24.4 Å². The second-order valence-electron chi connectivity index (χ2n) is 5.52. The molecule has 7 nitrogen and oxygen atoms in total. The molecule has 2 heterocycles. The zero-order valence-corrected chi connectivity index (χ0v) is 14.8. The summed E-state index contributed by atoms with van der Waals surface area (Å²) in [6.07, 6.45) is 1.46. The van der Waals surface area contributed by atoms with Gasteiger partial charge in [-0.3, -0.25) is 5.32 Å². The molecular formula is C17H18ClFN4O3. The molecule has 2 N–H and O–H groups in total. The van der Waals surface area contributed by atoms with Crippen molar-refractivity contribution < 1.29 is 18.7 Å². The lowest BCUT2D eigenvalue weighted by molar-refractivity contribution is 0.0564. The molecule has 2 aromatic rings. The number of morpholine rings is 1. The SMILES string of the molecule is CNc1cc(F)c(Oc2ccnc(NC(=O)N3CCOCC3)c2)cc1Cl. The summed E-state index contributed by atoms with van der Waals surface area (Å²) in [4.78, 5) is 17.9. The Morgan fingerprint density at radius 1 is 1.35 bits per heavy atom. The molecule has 0 saturated carbocycles. The Morgan fingerprint density at radius 2 is 2.12 bits per heavy atom. The van der Waals surface area contributed by atoms with Gasteiger partial charge in [0.1, 0.15) is 11.6 Å². The minimum Gasteiger partial charge on any atom is -0.454 e. The molecule has 9 heteroatoms. The summed E-state index contributed by atoms with van der Waals surface area (Å²) >= 11 is 6.06. The Balaban J connectivity index is 1.71. The summed E-state index contributed by atoms with van der Waals surface area (Å²) < 4.78 is 24.9. The van der Waals surface area contributed by atoms with Gasteiger partial charge in [-0.25, -0.2) is 14.2 Å². The fourth-order valence-corrected chi connectivity index (χ4v) is 2.67. The number of hydrogen-bond donors (Lipinski definition) is 2. The number of ether oxygens (including phenoxy) is 2. The first kappa shape index (κ1) is 18.2. The van der Waals surface area contributed by atoms with Crippen molar-refractivity contribution in [2.24, 2.45) is 0 Å². The van der Waals surface area contributed by atoms with Gasteiger partial charge in [-0.2, -0.15) is 0 Å². The van der Waals surface area contributed by atoms with Crippen LogP contribution in [-0.4, -0.2) is 49.3 Å². The van der Waals surface area contributed by atoms with Crippen LogP contribution >= 0.6 is 11.6 Å². The molecule has 3 rings (SSSR count). The molecule has 0 atom stereocenters. The largest absolute Gasteiger partial charge is 0.454 e. The van der Waals surface area contributed by atoms with Crippen molar-refractivity contribution >= 4 is 29.1 Å². The van der Waals surface area contributed by atoms with Gasteiger partial charge < -0.3 is 19.7 Å². The average Bonchev–Trinajstić information content (AvgIpc) is 2.65. The van der Waals surface area contributed by atoms with Gasteiger partial charge in [-0.15, -0.1) is 0 Å². The Hall–Kier alpha value is -2.58. The topological polar surface area (TPSA) is 75.7 Å². The third-order valence-electron chi connectivity index (χ3n) is 3.78. The van der Waals surface area contributed by atoms with Gasteiger partial charge >= 0.3 is 6.03 Å². The molecule has 0 aliphatic carbocycles. The molecule has 0 unspecified atom stereocenters. The van der Waals surface area contributed by atoms with Crippen molar-refractivity contribution in [2.45, 2.75) is 0 Å². The van der Waals surface area contributed by atoms with Crippen LogP contribution in [-0.2, 0) is 4.74 Å². The van der Waals surface area contributed by atoms with E-state index in [1.54, 1.807) is 18.0 Å². The standard InChI is InChI=1S/C17H18ClFN4O3/c1-20-14-10-13(19)15(9-12(14)18)26-11-2-3-21-16(8-11)22-17(24)23-4-6-25-7-5-23/h2-3,8-10,20H,4-7H2,1H3,(H,21,22,24). The van der Waals surface area contributed by atoms with Gasteiger partial charge in [-0.1, -0.05) is 11.6 Å². The Kier molecular flexibility index (Phi) is 5.75. The Morgan fingerprint density at radius 3 is 2.85 bits per heavy atom. The minimum absolute atomic E-state index is 0.0225. The maximum Gasteiger partial charge on any atom is 0.323 e. The first-order chi connectivity index (χ1) is 12.6. The van der Waals surface area contributed by atoms with Crippen molar-refractivity contribution in [1.29, 1.82) is 0 Å². The van der Waals surface area contributed by atoms with Crippen molar-refractivity contribution in [3.8, 4) is 11.5 Å². The number of benzene rings is 1. The molecule has 1 saturated heterocycles. The van der Waals surface area contributed by atoms with Crippen molar-refractivity contribution in [3.63, 3.8) is 0 Å². The van der Waals surface area contributed by atoms with Crippen LogP contribution < -0.4 is 15.4 Å². The molecular weight excluding hydrogens is 363 g/mol. The summed E-state index contributed by atoms with van der Waals surface area (Å²) in [6.45, 7) is 2.05. The van der Waals surface area contributed by atoms with Gasteiger partial charge in [0.15, 0.2) is 11.6 Å². The van der Waals surface area contributed by atoms with Crippen LogP contribution in [0.3, 0.4) is 0 Å². The van der Waals surface area contributed by atoms with Gasteiger partial charge in [0.2, 0.25) is 0 Å². The number of nitrogens with zero attached hydrogens (tertiary/aromatic N) is 2. The second-order valence-corrected chi connectivity index (χ2v) is 5.93. The zero-order chi connectivity index (χ0) is 18.5. The molecule has 1 aromatic carbocycles. The van der Waals surface area contributed by atoms with Gasteiger partial charge in [-0.05, 0) is 6.07 Å². The van der Waals surface area contributed by atoms with Gasteiger partial charge in [0.05, 0.1) is 23.9 Å². The number of hydrogen-bond acceptors (Lipinski definition) is 5. The molecule has 1 fully saturated rings. The molecule has 0 spiro atoms. The lowest BCUT2D eigenvalue weighted by Crippen LogP contribution is -2.43. The summed E-state index contributed by atoms with van der Waals surface area (Å²) in [6, 6.07) is 5.43. The summed E-state index contributed by atoms with van der Waals surface area (Å²) in [7, 11) is 1.65. The van der Waals surface area contributed by atoms with Crippen LogP contribution in [0.25, 0.3) is 0 Å². The van der Waals surface area contributed by atoms with Crippen molar-refractivity contribution in [1.82, 2.24) is 9.88 Å². The van der Waals surface area contributed by atoms with Gasteiger partial charge in [0, 0.05) is 44.5 Å². The fraction of sp³-hybridized carbons (Fsp3) is 0.294. The van der Waals surface area contributed by atoms with E-state index in [0.29, 0.717) is 48.6 Å². The van der Waals surface area contributed by atoms with E-state index < -0.39 is 5.82 Å². The second kappa shape index (κ2) is 8.20. The first-order valence-electron chi connectivity index (χ1n) is 8.01. The monoisotopic (exact) mass is 380 g/mol. The highest BCUT2D eigenvalue weighted by atomic mass is 35.5. The normalized spacial score (nSPS) is 14.0. The summed E-state index contributed by atoms with van der Waals surface area (Å²) in [5.41, 5.74) is 0.463. The summed E-state index contributed by atoms with van der Waals surface area (Å²) in [5, 5.41) is 5.82. The number of amides is 2. The van der Waals surface area contributed by atoms with Crippen LogP contribution in [0.1, 0.15) is 0 Å². The van der Waals surface area contributed by atoms with E-state index in [-0.39, 0.29) is 11.8 Å². The molecule has 1 aromatic heterocycles. The first-order valence-corrected chi connectivity index (χ1v) is 8.39. The Bertz CT molecular complexity index is 800. The van der Waals surface area contributed by atoms with E-state index in [0.717, 1.165) is 0 Å². The number of carbonyl (C=O) groups excluding carboxylic acids is 1. The van der Waals surface area contributed by atoms with Crippen LogP contribution in [0.15, 0.2) is 30.5 Å². The maximum absolute atomic E-state index is 14.1. The minimum atomic E-state index is -0.561. The van der Waals surface area contributed by atoms with Crippen LogP contribution in [0, 0.1) is 5.82 Å². The van der Waals surface area contributed by atoms with E-state index >= 15 is 0 Å². The predicted octanol–water partition coefficient (Wildman–Crippen LogP) is 3.57. The summed E-state index contributed by atoms with van der Waals surface area (Å²) in [5.74, 6) is 0.0434. The third-order valence-corrected chi connectivity index (χ3v) is 4.10. The molecule has 26 heavy (non-hydrogen) atoms. The number of nitrogens with one attached hydrogen (secondary N) is 2. The van der Waals surface area contributed by atoms with Crippen LogP contribution in [0.4, 0.5) is 20.7 Å². The van der Waals surface area contributed by atoms with E-state index in [4.69, 9.17) is 21.1 Å². The van der Waals surface area contributed by atoms with Gasteiger partial charge in [0.25, 0.3) is 0 Å². The molecule has 0 bridgehead atoms. The lowest BCUT2D eigenvalue weighted by atomic mass is 10.3. The van der Waals surface area contributed by atoms with Crippen molar-refractivity contribution in [3.05, 3.63) is 41.3 Å². The molecule has 1 aliphatic rings. The highest BCUT2D eigenvalue weighted by Crippen LogP contribution is 2.32. The molecule has 138 valence electrons. The van der Waals surface area contributed by atoms with E-state index in [1.807, 2.05) is 0 Å². The van der Waals surface area contributed by atoms with Crippen LogP contribution in [0.2, 0.25) is 5.02 Å². The van der Waals surface area contributed by atoms with E-state index in [9.17, 15) is 9.18 Å². The highest BCUT2D eigenvalue weighted by molar-refractivity contribution is 6.33. The number of aromatic nitrogens is 1. The third kappa shape index (κ3) is 4.33. The number of carbonyl (C=O) groups is 1. The smallest absolute Gasteiger partial charge is 0.323 e. The Labute approximate surface area is 155 Å².